The van der Waals surface area contributed by atoms with Crippen molar-refractivity contribution in [2.45, 2.75) is 50.5 Å². The van der Waals surface area contributed by atoms with Gasteiger partial charge in [-0.05, 0) is 79.4 Å². The molecule has 4 aliphatic rings. The summed E-state index contributed by atoms with van der Waals surface area (Å²) in [5.74, 6) is 2.78. The van der Waals surface area contributed by atoms with Gasteiger partial charge in [0.15, 0.2) is 0 Å². The first-order valence-electron chi connectivity index (χ1n) is 9.41. The summed E-state index contributed by atoms with van der Waals surface area (Å²) in [5, 5.41) is 6.92. The monoisotopic (exact) mass is 336 g/mol. The fourth-order valence-corrected chi connectivity index (χ4v) is 6.03. The van der Waals surface area contributed by atoms with Crippen LogP contribution in [0.25, 0.3) is 0 Å². The third-order valence-electron chi connectivity index (χ3n) is 6.59. The number of anilines is 1. The summed E-state index contributed by atoms with van der Waals surface area (Å²) in [6.07, 6.45) is 11.5. The van der Waals surface area contributed by atoms with Crippen LogP contribution in [0.5, 0.6) is 0 Å². The maximum Gasteiger partial charge on any atom is 0.246 e. The Hall–Kier alpha value is -2.17. The summed E-state index contributed by atoms with van der Waals surface area (Å²) >= 11 is 0. The molecule has 0 radical (unpaired) electrons. The molecule has 0 spiro atoms. The van der Waals surface area contributed by atoms with Gasteiger partial charge in [0.2, 0.25) is 5.91 Å². The highest BCUT2D eigenvalue weighted by Gasteiger charge is 2.51. The van der Waals surface area contributed by atoms with E-state index >= 15 is 0 Å². The number of rotatable bonds is 4. The molecule has 1 aromatic heterocycles. The molecule has 5 nitrogen and oxygen atoms in total. The zero-order valence-corrected chi connectivity index (χ0v) is 14.4. The zero-order chi connectivity index (χ0) is 16.9. The molecule has 1 amide bonds. The van der Waals surface area contributed by atoms with Crippen LogP contribution >= 0.6 is 0 Å². The molecule has 0 atom stereocenters. The topological polar surface area (TPSA) is 59.8 Å². The van der Waals surface area contributed by atoms with Gasteiger partial charge in [0.05, 0.1) is 0 Å². The maximum absolute atomic E-state index is 12.1. The van der Waals surface area contributed by atoms with Crippen LogP contribution in [0.15, 0.2) is 36.9 Å². The number of carbonyl (C=O) groups excluding carboxylic acids is 1. The van der Waals surface area contributed by atoms with E-state index in [4.69, 9.17) is 0 Å². The number of amides is 1. The van der Waals surface area contributed by atoms with Gasteiger partial charge in [-0.1, -0.05) is 12.1 Å². The highest BCUT2D eigenvalue weighted by Crippen LogP contribution is 2.60. The first-order chi connectivity index (χ1) is 12.2. The molecule has 5 heteroatoms. The average Bonchev–Trinajstić information content (AvgIpc) is 3.07. The first-order valence-corrected chi connectivity index (χ1v) is 9.41. The minimum Gasteiger partial charge on any atom is -0.324 e. The lowest BCUT2D eigenvalue weighted by Crippen LogP contribution is -2.48. The van der Waals surface area contributed by atoms with E-state index < -0.39 is 0 Å². The van der Waals surface area contributed by atoms with Crippen molar-refractivity contribution in [3.8, 4) is 0 Å². The van der Waals surface area contributed by atoms with Crippen LogP contribution in [-0.2, 0) is 16.8 Å². The lowest BCUT2D eigenvalue weighted by atomic mass is 9.48. The Morgan fingerprint density at radius 1 is 1.08 bits per heavy atom. The Bertz CT molecular complexity index is 730. The lowest BCUT2D eigenvalue weighted by molar-refractivity contribution is -0.116. The van der Waals surface area contributed by atoms with Crippen LogP contribution in [0, 0.1) is 17.8 Å². The van der Waals surface area contributed by atoms with Gasteiger partial charge in [0.1, 0.15) is 19.2 Å². The molecule has 4 fully saturated rings. The van der Waals surface area contributed by atoms with Gasteiger partial charge >= 0.3 is 0 Å². The van der Waals surface area contributed by atoms with Crippen LogP contribution in [0.4, 0.5) is 5.69 Å². The number of aromatic nitrogens is 3. The molecule has 4 saturated carbocycles. The van der Waals surface area contributed by atoms with Gasteiger partial charge in [-0.2, -0.15) is 5.10 Å². The Kier molecular flexibility index (Phi) is 3.43. The summed E-state index contributed by atoms with van der Waals surface area (Å²) in [7, 11) is 0. The molecule has 1 aromatic carbocycles. The van der Waals surface area contributed by atoms with Crippen molar-refractivity contribution in [1.29, 1.82) is 0 Å². The minimum atomic E-state index is -0.0759. The van der Waals surface area contributed by atoms with Crippen molar-refractivity contribution >= 4 is 11.6 Å². The molecule has 6 rings (SSSR count). The second-order valence-electron chi connectivity index (χ2n) is 8.42. The van der Waals surface area contributed by atoms with Crippen LogP contribution in [-0.4, -0.2) is 20.7 Å². The zero-order valence-electron chi connectivity index (χ0n) is 14.4. The summed E-state index contributed by atoms with van der Waals surface area (Å²) in [5.41, 5.74) is 2.76. The van der Waals surface area contributed by atoms with E-state index in [1.807, 2.05) is 0 Å². The second-order valence-corrected chi connectivity index (χ2v) is 8.42. The van der Waals surface area contributed by atoms with Gasteiger partial charge in [0, 0.05) is 5.69 Å². The smallest absolute Gasteiger partial charge is 0.246 e. The Labute approximate surface area is 147 Å². The molecule has 2 aromatic rings. The van der Waals surface area contributed by atoms with Crippen molar-refractivity contribution in [3.63, 3.8) is 0 Å². The molecule has 130 valence electrons. The third kappa shape index (κ3) is 2.75. The number of hydrogen-bond acceptors (Lipinski definition) is 3. The van der Waals surface area contributed by atoms with E-state index in [9.17, 15) is 4.79 Å². The van der Waals surface area contributed by atoms with Gasteiger partial charge in [-0.25, -0.2) is 9.67 Å². The summed E-state index contributed by atoms with van der Waals surface area (Å²) in [6.45, 7) is 0.191. The van der Waals surface area contributed by atoms with Crippen molar-refractivity contribution in [3.05, 3.63) is 42.5 Å². The first kappa shape index (κ1) is 15.1. The Morgan fingerprint density at radius 2 is 1.72 bits per heavy atom. The molecule has 1 N–H and O–H groups in total. The van der Waals surface area contributed by atoms with Crippen molar-refractivity contribution in [1.82, 2.24) is 14.8 Å². The summed E-state index contributed by atoms with van der Waals surface area (Å²) < 4.78 is 1.53. The number of carbonyl (C=O) groups is 1. The van der Waals surface area contributed by atoms with Crippen molar-refractivity contribution in [2.75, 3.05) is 5.32 Å². The summed E-state index contributed by atoms with van der Waals surface area (Å²) in [6, 6.07) is 8.62. The number of nitrogens with one attached hydrogen (secondary N) is 1. The van der Waals surface area contributed by atoms with Crippen LogP contribution in [0.2, 0.25) is 0 Å². The van der Waals surface area contributed by atoms with E-state index in [1.165, 1.54) is 55.1 Å². The van der Waals surface area contributed by atoms with E-state index in [2.05, 4.69) is 39.7 Å². The molecular formula is C20H24N4O. The van der Waals surface area contributed by atoms with E-state index in [0.717, 1.165) is 23.4 Å². The van der Waals surface area contributed by atoms with Crippen LogP contribution in [0.3, 0.4) is 0 Å². The molecule has 4 bridgehead atoms. The van der Waals surface area contributed by atoms with Crippen LogP contribution < -0.4 is 5.32 Å². The van der Waals surface area contributed by atoms with Gasteiger partial charge in [-0.15, -0.1) is 0 Å². The van der Waals surface area contributed by atoms with Crippen LogP contribution in [0.1, 0.15) is 44.1 Å². The summed E-state index contributed by atoms with van der Waals surface area (Å²) in [4.78, 5) is 15.9. The highest BCUT2D eigenvalue weighted by atomic mass is 16.2. The van der Waals surface area contributed by atoms with Gasteiger partial charge in [-0.3, -0.25) is 4.79 Å². The van der Waals surface area contributed by atoms with Gasteiger partial charge in [0.25, 0.3) is 0 Å². The number of hydrogen-bond donors (Lipinski definition) is 1. The quantitative estimate of drug-likeness (QED) is 0.931. The molecular weight excluding hydrogens is 312 g/mol. The molecule has 1 heterocycles. The molecule has 0 unspecified atom stereocenters. The molecule has 0 aliphatic heterocycles. The normalized spacial score (nSPS) is 32.7. The third-order valence-corrected chi connectivity index (χ3v) is 6.59. The maximum atomic E-state index is 12.1. The Morgan fingerprint density at radius 3 is 2.28 bits per heavy atom. The van der Waals surface area contributed by atoms with E-state index in [1.54, 1.807) is 6.33 Å². The van der Waals surface area contributed by atoms with E-state index in [-0.39, 0.29) is 12.5 Å². The molecule has 4 aliphatic carbocycles. The standard InChI is InChI=1S/C20H24N4O/c25-19(11-24-13-21-12-22-24)23-18-3-1-17(2-4-18)20-8-14-5-15(9-20)7-16(6-14)10-20/h1-4,12-16H,5-11H2,(H,23,25). The van der Waals surface area contributed by atoms with Crippen molar-refractivity contribution in [2.24, 2.45) is 17.8 Å². The minimum absolute atomic E-state index is 0.0759. The second kappa shape index (κ2) is 5.68. The Balaban J connectivity index is 1.30. The average molecular weight is 336 g/mol. The predicted octanol–water partition coefficient (Wildman–Crippen LogP) is 3.38. The van der Waals surface area contributed by atoms with E-state index in [0.29, 0.717) is 5.41 Å². The SMILES string of the molecule is O=C(Cn1cncn1)Nc1ccc(C23CC4CC(CC(C4)C2)C3)cc1. The number of benzene rings is 1. The fraction of sp³-hybridized carbons (Fsp3) is 0.550. The number of nitrogens with zero attached hydrogens (tertiary/aromatic N) is 3. The fourth-order valence-electron chi connectivity index (χ4n) is 6.03. The highest BCUT2D eigenvalue weighted by molar-refractivity contribution is 5.90. The van der Waals surface area contributed by atoms with Gasteiger partial charge < -0.3 is 5.32 Å². The lowest BCUT2D eigenvalue weighted by Gasteiger charge is -2.57. The molecule has 25 heavy (non-hydrogen) atoms. The van der Waals surface area contributed by atoms with Crippen molar-refractivity contribution < 1.29 is 4.79 Å². The molecule has 0 saturated heterocycles. The largest absolute Gasteiger partial charge is 0.324 e. The predicted molar refractivity (Wildman–Crippen MR) is 94.9 cm³/mol.